The molecule has 0 spiro atoms. The zero-order valence-corrected chi connectivity index (χ0v) is 14.0. The van der Waals surface area contributed by atoms with Crippen molar-refractivity contribution in [1.29, 1.82) is 0 Å². The molecular formula is C14H13BrClNO2S. The maximum Gasteiger partial charge on any atom is 0.184 e. The van der Waals surface area contributed by atoms with E-state index in [0.717, 1.165) is 16.6 Å². The molecule has 3 nitrogen and oxygen atoms in total. The molecule has 106 valence electrons. The molecule has 1 heterocycles. The van der Waals surface area contributed by atoms with Gasteiger partial charge >= 0.3 is 0 Å². The van der Waals surface area contributed by atoms with Crippen molar-refractivity contribution in [3.05, 3.63) is 57.3 Å². The van der Waals surface area contributed by atoms with Crippen LogP contribution in [0.5, 0.6) is 0 Å². The Bertz CT molecular complexity index is 732. The predicted molar refractivity (Wildman–Crippen MR) is 83.7 cm³/mol. The van der Waals surface area contributed by atoms with E-state index in [1.54, 1.807) is 24.4 Å². The number of hydrogen-bond donors (Lipinski definition) is 0. The average molecular weight is 375 g/mol. The van der Waals surface area contributed by atoms with Crippen LogP contribution in [0.25, 0.3) is 0 Å². The first-order chi connectivity index (χ1) is 9.44. The van der Waals surface area contributed by atoms with E-state index in [9.17, 15) is 8.42 Å². The number of hydrogen-bond acceptors (Lipinski definition) is 3. The summed E-state index contributed by atoms with van der Waals surface area (Å²) < 4.78 is 25.5. The van der Waals surface area contributed by atoms with Crippen LogP contribution in [0.2, 0.25) is 5.02 Å². The number of benzene rings is 1. The van der Waals surface area contributed by atoms with E-state index in [-0.39, 0.29) is 15.7 Å². The Hall–Kier alpha value is -0.910. The van der Waals surface area contributed by atoms with Crippen molar-refractivity contribution in [3.63, 3.8) is 0 Å². The van der Waals surface area contributed by atoms with Gasteiger partial charge in [0, 0.05) is 6.20 Å². The Morgan fingerprint density at radius 1 is 1.30 bits per heavy atom. The molecule has 0 saturated carbocycles. The van der Waals surface area contributed by atoms with Gasteiger partial charge in [0.15, 0.2) is 9.84 Å². The van der Waals surface area contributed by atoms with Gasteiger partial charge in [0.25, 0.3) is 0 Å². The summed E-state index contributed by atoms with van der Waals surface area (Å²) in [6.45, 7) is 1.99. The van der Waals surface area contributed by atoms with Gasteiger partial charge in [-0.25, -0.2) is 13.4 Å². The third-order valence-corrected chi connectivity index (χ3v) is 5.77. The summed E-state index contributed by atoms with van der Waals surface area (Å²) in [5.41, 5.74) is 1.64. The molecule has 0 fully saturated rings. The Labute approximate surface area is 132 Å². The molecule has 6 heteroatoms. The van der Waals surface area contributed by atoms with E-state index in [1.165, 1.54) is 6.07 Å². The van der Waals surface area contributed by atoms with E-state index in [2.05, 4.69) is 20.9 Å². The number of pyridine rings is 1. The molecule has 0 unspecified atom stereocenters. The minimum Gasteiger partial charge on any atom is -0.249 e. The van der Waals surface area contributed by atoms with E-state index in [4.69, 9.17) is 11.6 Å². The Morgan fingerprint density at radius 2 is 2.00 bits per heavy atom. The first-order valence-corrected chi connectivity index (χ1v) is 8.87. The summed E-state index contributed by atoms with van der Waals surface area (Å²) in [6.07, 6.45) is 2.35. The SMILES string of the molecule is CCc1cc(CS(=O)(=O)c2ccccc2Cl)cnc1Br. The van der Waals surface area contributed by atoms with Gasteiger partial charge in [-0.2, -0.15) is 0 Å². The van der Waals surface area contributed by atoms with Gasteiger partial charge in [-0.05, 0) is 45.6 Å². The molecule has 0 amide bonds. The van der Waals surface area contributed by atoms with Crippen LogP contribution in [-0.2, 0) is 22.0 Å². The summed E-state index contributed by atoms with van der Waals surface area (Å²) >= 11 is 9.30. The van der Waals surface area contributed by atoms with Crippen molar-refractivity contribution in [2.24, 2.45) is 0 Å². The van der Waals surface area contributed by atoms with Gasteiger partial charge in [-0.1, -0.05) is 36.7 Å². The van der Waals surface area contributed by atoms with Gasteiger partial charge in [0.05, 0.1) is 15.7 Å². The fourth-order valence-corrected chi connectivity index (χ4v) is 4.25. The van der Waals surface area contributed by atoms with Crippen LogP contribution < -0.4 is 0 Å². The van der Waals surface area contributed by atoms with Gasteiger partial charge in [0.1, 0.15) is 4.60 Å². The first kappa shape index (κ1) is 15.5. The monoisotopic (exact) mass is 373 g/mol. The van der Waals surface area contributed by atoms with Crippen LogP contribution in [0.4, 0.5) is 0 Å². The van der Waals surface area contributed by atoms with Crippen LogP contribution in [0, 0.1) is 0 Å². The largest absolute Gasteiger partial charge is 0.249 e. The molecule has 2 aromatic rings. The Morgan fingerprint density at radius 3 is 2.65 bits per heavy atom. The minimum absolute atomic E-state index is 0.107. The third-order valence-electron chi connectivity index (χ3n) is 2.88. The van der Waals surface area contributed by atoms with Crippen molar-refractivity contribution in [1.82, 2.24) is 4.98 Å². The van der Waals surface area contributed by atoms with Crippen molar-refractivity contribution in [2.75, 3.05) is 0 Å². The average Bonchev–Trinajstić information content (AvgIpc) is 2.41. The molecule has 20 heavy (non-hydrogen) atoms. The molecule has 2 rings (SSSR count). The molecular weight excluding hydrogens is 362 g/mol. The Kier molecular flexibility index (Phi) is 4.83. The minimum atomic E-state index is -3.47. The summed E-state index contributed by atoms with van der Waals surface area (Å²) in [7, 11) is -3.47. The number of aryl methyl sites for hydroxylation is 1. The molecule has 0 aliphatic carbocycles. The highest BCUT2D eigenvalue weighted by Crippen LogP contribution is 2.25. The van der Waals surface area contributed by atoms with Crippen molar-refractivity contribution >= 4 is 37.4 Å². The van der Waals surface area contributed by atoms with Crippen LogP contribution in [0.15, 0.2) is 46.0 Å². The zero-order valence-electron chi connectivity index (χ0n) is 10.8. The van der Waals surface area contributed by atoms with Crippen LogP contribution >= 0.6 is 27.5 Å². The van der Waals surface area contributed by atoms with Crippen molar-refractivity contribution < 1.29 is 8.42 Å². The number of halogens is 2. The second-order valence-electron chi connectivity index (χ2n) is 4.34. The van der Waals surface area contributed by atoms with Gasteiger partial charge < -0.3 is 0 Å². The van der Waals surface area contributed by atoms with Gasteiger partial charge in [-0.3, -0.25) is 0 Å². The molecule has 0 saturated heterocycles. The lowest BCUT2D eigenvalue weighted by Gasteiger charge is -2.08. The third kappa shape index (κ3) is 3.40. The Balaban J connectivity index is 2.36. The maximum atomic E-state index is 12.4. The lowest BCUT2D eigenvalue weighted by molar-refractivity contribution is 0.595. The maximum absolute atomic E-state index is 12.4. The van der Waals surface area contributed by atoms with Crippen LogP contribution in [0.3, 0.4) is 0 Å². The molecule has 0 N–H and O–H groups in total. The second-order valence-corrected chi connectivity index (χ2v) is 7.45. The second kappa shape index (κ2) is 6.24. The normalized spacial score (nSPS) is 11.6. The van der Waals surface area contributed by atoms with Crippen LogP contribution in [0.1, 0.15) is 18.1 Å². The summed E-state index contributed by atoms with van der Waals surface area (Å²) in [5.74, 6) is -0.107. The smallest absolute Gasteiger partial charge is 0.184 e. The number of sulfone groups is 1. The summed E-state index contributed by atoms with van der Waals surface area (Å²) in [6, 6.07) is 8.32. The van der Waals surface area contributed by atoms with E-state index in [0.29, 0.717) is 5.56 Å². The molecule has 0 aliphatic heterocycles. The lowest BCUT2D eigenvalue weighted by atomic mass is 10.2. The first-order valence-electron chi connectivity index (χ1n) is 6.04. The molecule has 0 aliphatic rings. The molecule has 0 bridgehead atoms. The molecule has 0 atom stereocenters. The molecule has 1 aromatic carbocycles. The van der Waals surface area contributed by atoms with Crippen molar-refractivity contribution in [3.8, 4) is 0 Å². The van der Waals surface area contributed by atoms with Gasteiger partial charge in [0.2, 0.25) is 0 Å². The summed E-state index contributed by atoms with van der Waals surface area (Å²) in [5, 5.41) is 0.244. The van der Waals surface area contributed by atoms with E-state index < -0.39 is 9.84 Å². The summed E-state index contributed by atoms with van der Waals surface area (Å²) in [4.78, 5) is 4.32. The highest BCUT2D eigenvalue weighted by molar-refractivity contribution is 9.10. The number of aromatic nitrogens is 1. The zero-order chi connectivity index (χ0) is 14.8. The lowest BCUT2D eigenvalue weighted by Crippen LogP contribution is -2.06. The number of rotatable bonds is 4. The highest BCUT2D eigenvalue weighted by atomic mass is 79.9. The quantitative estimate of drug-likeness (QED) is 0.759. The van der Waals surface area contributed by atoms with E-state index >= 15 is 0 Å². The van der Waals surface area contributed by atoms with E-state index in [1.807, 2.05) is 13.0 Å². The molecule has 0 radical (unpaired) electrons. The number of nitrogens with zero attached hydrogens (tertiary/aromatic N) is 1. The van der Waals surface area contributed by atoms with Crippen LogP contribution in [-0.4, -0.2) is 13.4 Å². The predicted octanol–water partition coefficient (Wildman–Crippen LogP) is 4.03. The molecule has 1 aromatic heterocycles. The van der Waals surface area contributed by atoms with Gasteiger partial charge in [-0.15, -0.1) is 0 Å². The van der Waals surface area contributed by atoms with Crippen molar-refractivity contribution in [2.45, 2.75) is 24.0 Å². The fraction of sp³-hybridized carbons (Fsp3) is 0.214. The standard InChI is InChI=1S/C14H13BrClNO2S/c1-2-11-7-10(8-17-14(11)15)9-20(18,19)13-6-4-3-5-12(13)16/h3-8H,2,9H2,1H3. The highest BCUT2D eigenvalue weighted by Gasteiger charge is 2.19. The fourth-order valence-electron chi connectivity index (χ4n) is 1.86. The topological polar surface area (TPSA) is 47.0 Å².